The number of hydrogen-bond donors (Lipinski definition) is 0. The molecule has 0 saturated heterocycles. The van der Waals surface area contributed by atoms with Crippen LogP contribution in [-0.4, -0.2) is 15.7 Å². The minimum Gasteiger partial charge on any atom is -0.290 e. The fourth-order valence-electron chi connectivity index (χ4n) is 1.57. The van der Waals surface area contributed by atoms with E-state index >= 15 is 0 Å². The van der Waals surface area contributed by atoms with Gasteiger partial charge in [-0.05, 0) is 12.1 Å². The van der Waals surface area contributed by atoms with Crippen molar-refractivity contribution in [2.75, 3.05) is 0 Å². The summed E-state index contributed by atoms with van der Waals surface area (Å²) < 4.78 is 1.66. The molecular formula is C13H12N3O3+. The van der Waals surface area contributed by atoms with E-state index in [9.17, 15) is 14.9 Å². The Morgan fingerprint density at radius 3 is 2.53 bits per heavy atom. The molecule has 0 saturated carbocycles. The van der Waals surface area contributed by atoms with Crippen LogP contribution in [0, 0.1) is 17.0 Å². The molecule has 0 amide bonds. The number of non-ortho nitro benzene ring substituents is 1. The highest BCUT2D eigenvalue weighted by molar-refractivity contribution is 5.95. The minimum atomic E-state index is -0.493. The standard InChI is InChI=1S/C13H12N3O3/c1-10-6-7-15(9-14-10)8-13(17)11-2-4-12(5-3-11)16(18)19/h2-7,9H,8H2,1H3/q+1. The molecule has 6 heteroatoms. The molecule has 1 heterocycles. The van der Waals surface area contributed by atoms with E-state index < -0.39 is 4.92 Å². The fourth-order valence-corrected chi connectivity index (χ4v) is 1.57. The van der Waals surface area contributed by atoms with Gasteiger partial charge < -0.3 is 0 Å². The van der Waals surface area contributed by atoms with Crippen molar-refractivity contribution in [3.05, 3.63) is 64.2 Å². The number of aromatic nitrogens is 2. The van der Waals surface area contributed by atoms with Crippen molar-refractivity contribution >= 4 is 11.5 Å². The number of rotatable bonds is 4. The predicted octanol–water partition coefficient (Wildman–Crippen LogP) is 1.47. The van der Waals surface area contributed by atoms with Crippen LogP contribution in [0.15, 0.2) is 42.9 Å². The number of Topliss-reactive ketones (excluding diaryl/α,β-unsaturated/α-hetero) is 1. The monoisotopic (exact) mass is 258 g/mol. The molecule has 0 aliphatic rings. The number of benzene rings is 1. The summed E-state index contributed by atoms with van der Waals surface area (Å²) >= 11 is 0. The van der Waals surface area contributed by atoms with Crippen molar-refractivity contribution < 1.29 is 14.3 Å². The number of nitrogens with zero attached hydrogens (tertiary/aromatic N) is 3. The molecule has 0 aliphatic carbocycles. The molecule has 2 rings (SSSR count). The van der Waals surface area contributed by atoms with Crippen LogP contribution in [0.1, 0.15) is 16.1 Å². The molecule has 1 aromatic carbocycles. The molecular weight excluding hydrogens is 246 g/mol. The summed E-state index contributed by atoms with van der Waals surface area (Å²) in [5, 5.41) is 10.5. The first kappa shape index (κ1) is 12.8. The Kier molecular flexibility index (Phi) is 3.61. The first-order valence-corrected chi connectivity index (χ1v) is 5.65. The lowest BCUT2D eigenvalue weighted by Gasteiger charge is -1.99. The second kappa shape index (κ2) is 5.34. The molecule has 2 aromatic rings. The zero-order valence-corrected chi connectivity index (χ0v) is 10.3. The minimum absolute atomic E-state index is 0.0267. The summed E-state index contributed by atoms with van der Waals surface area (Å²) in [4.78, 5) is 26.1. The van der Waals surface area contributed by atoms with Crippen LogP contribution in [0.2, 0.25) is 0 Å². The average molecular weight is 258 g/mol. The van der Waals surface area contributed by atoms with Crippen LogP contribution >= 0.6 is 0 Å². The first-order chi connectivity index (χ1) is 9.06. The van der Waals surface area contributed by atoms with E-state index in [4.69, 9.17) is 0 Å². The Morgan fingerprint density at radius 1 is 1.32 bits per heavy atom. The Bertz CT molecular complexity index is 606. The van der Waals surface area contributed by atoms with Crippen molar-refractivity contribution in [1.82, 2.24) is 4.98 Å². The first-order valence-electron chi connectivity index (χ1n) is 5.65. The molecule has 0 radical (unpaired) electrons. The van der Waals surface area contributed by atoms with Gasteiger partial charge in [0.15, 0.2) is 12.2 Å². The molecule has 1 aromatic heterocycles. The van der Waals surface area contributed by atoms with Gasteiger partial charge in [-0.2, -0.15) is 0 Å². The van der Waals surface area contributed by atoms with Gasteiger partial charge in [0.25, 0.3) is 12.0 Å². The Labute approximate surface area is 109 Å². The van der Waals surface area contributed by atoms with Gasteiger partial charge >= 0.3 is 0 Å². The summed E-state index contributed by atoms with van der Waals surface area (Å²) in [7, 11) is 0. The lowest BCUT2D eigenvalue weighted by Crippen LogP contribution is -2.37. The highest BCUT2D eigenvalue weighted by atomic mass is 16.6. The third-order valence-corrected chi connectivity index (χ3v) is 2.64. The molecule has 6 nitrogen and oxygen atoms in total. The van der Waals surface area contributed by atoms with Gasteiger partial charge in [-0.1, -0.05) is 4.98 Å². The summed E-state index contributed by atoms with van der Waals surface area (Å²) in [6, 6.07) is 7.38. The van der Waals surface area contributed by atoms with Crippen molar-refractivity contribution in [3.8, 4) is 0 Å². The van der Waals surface area contributed by atoms with E-state index in [0.717, 1.165) is 5.69 Å². The van der Waals surface area contributed by atoms with E-state index in [1.807, 2.05) is 13.0 Å². The quantitative estimate of drug-likeness (QED) is 0.360. The molecule has 0 fully saturated rings. The summed E-state index contributed by atoms with van der Waals surface area (Å²) in [5.74, 6) is -0.120. The number of carbonyl (C=O) groups is 1. The Hall–Kier alpha value is -2.63. The van der Waals surface area contributed by atoms with Crippen molar-refractivity contribution in [2.24, 2.45) is 0 Å². The normalized spacial score (nSPS) is 10.2. The van der Waals surface area contributed by atoms with Gasteiger partial charge in [0.2, 0.25) is 5.78 Å². The molecule has 0 unspecified atom stereocenters. The van der Waals surface area contributed by atoms with Gasteiger partial charge in [-0.3, -0.25) is 14.9 Å². The largest absolute Gasteiger partial charge is 0.290 e. The van der Waals surface area contributed by atoms with E-state index in [-0.39, 0.29) is 18.0 Å². The molecule has 0 spiro atoms. The maximum absolute atomic E-state index is 12.0. The maximum Gasteiger partial charge on any atom is 0.286 e. The molecule has 96 valence electrons. The van der Waals surface area contributed by atoms with Gasteiger partial charge in [0, 0.05) is 30.7 Å². The zero-order chi connectivity index (χ0) is 13.8. The maximum atomic E-state index is 12.0. The highest BCUT2D eigenvalue weighted by Crippen LogP contribution is 2.12. The van der Waals surface area contributed by atoms with E-state index in [1.54, 1.807) is 17.1 Å². The van der Waals surface area contributed by atoms with E-state index in [0.29, 0.717) is 5.56 Å². The van der Waals surface area contributed by atoms with Gasteiger partial charge in [-0.25, -0.2) is 4.57 Å². The van der Waals surface area contributed by atoms with E-state index in [2.05, 4.69) is 4.98 Å². The molecule has 19 heavy (non-hydrogen) atoms. The van der Waals surface area contributed by atoms with Crippen molar-refractivity contribution in [3.63, 3.8) is 0 Å². The van der Waals surface area contributed by atoms with Crippen molar-refractivity contribution in [2.45, 2.75) is 13.5 Å². The second-order valence-electron chi connectivity index (χ2n) is 4.10. The van der Waals surface area contributed by atoms with Crippen LogP contribution in [0.25, 0.3) is 0 Å². The van der Waals surface area contributed by atoms with Crippen LogP contribution in [0.3, 0.4) is 0 Å². The van der Waals surface area contributed by atoms with Crippen LogP contribution in [0.4, 0.5) is 5.69 Å². The molecule has 0 bridgehead atoms. The summed E-state index contributed by atoms with van der Waals surface area (Å²) in [6.07, 6.45) is 3.35. The molecule has 0 aliphatic heterocycles. The third-order valence-electron chi connectivity index (χ3n) is 2.64. The highest BCUT2D eigenvalue weighted by Gasteiger charge is 2.12. The summed E-state index contributed by atoms with van der Waals surface area (Å²) in [6.45, 7) is 2.02. The zero-order valence-electron chi connectivity index (χ0n) is 10.3. The SMILES string of the molecule is Cc1cc[n+](CC(=O)c2ccc([N+](=O)[O-])cc2)cn1. The van der Waals surface area contributed by atoms with E-state index in [1.165, 1.54) is 24.3 Å². The lowest BCUT2D eigenvalue weighted by molar-refractivity contribution is -0.686. The van der Waals surface area contributed by atoms with Gasteiger partial charge in [-0.15, -0.1) is 0 Å². The van der Waals surface area contributed by atoms with Crippen LogP contribution in [-0.2, 0) is 6.54 Å². The Morgan fingerprint density at radius 2 is 2.00 bits per heavy atom. The fraction of sp³-hybridized carbons (Fsp3) is 0.154. The molecule has 0 N–H and O–H groups in total. The van der Waals surface area contributed by atoms with Gasteiger partial charge in [0.05, 0.1) is 11.1 Å². The van der Waals surface area contributed by atoms with Gasteiger partial charge in [0.1, 0.15) is 0 Å². The third kappa shape index (κ3) is 3.19. The lowest BCUT2D eigenvalue weighted by atomic mass is 10.1. The Balaban J connectivity index is 2.11. The molecule has 0 atom stereocenters. The van der Waals surface area contributed by atoms with Crippen LogP contribution in [0.5, 0.6) is 0 Å². The summed E-state index contributed by atoms with van der Waals surface area (Å²) in [5.41, 5.74) is 1.29. The van der Waals surface area contributed by atoms with Crippen LogP contribution < -0.4 is 4.57 Å². The smallest absolute Gasteiger partial charge is 0.286 e. The topological polar surface area (TPSA) is 77.0 Å². The number of ketones is 1. The number of hydrogen-bond acceptors (Lipinski definition) is 4. The average Bonchev–Trinajstić information content (AvgIpc) is 2.41. The number of aryl methyl sites for hydroxylation is 1. The van der Waals surface area contributed by atoms with Crippen molar-refractivity contribution in [1.29, 1.82) is 0 Å². The predicted molar refractivity (Wildman–Crippen MR) is 66.6 cm³/mol. The number of nitro groups is 1. The number of nitro benzene ring substituents is 1. The number of carbonyl (C=O) groups excluding carboxylic acids is 1. The second-order valence-corrected chi connectivity index (χ2v) is 4.10.